The fraction of sp³-hybridized carbons (Fsp3) is 0.176. The lowest BCUT2D eigenvalue weighted by molar-refractivity contribution is 1.27. The molecule has 0 saturated heterocycles. The van der Waals surface area contributed by atoms with Crippen molar-refractivity contribution in [3.8, 4) is 0 Å². The van der Waals surface area contributed by atoms with E-state index in [9.17, 15) is 0 Å². The Balaban J connectivity index is 1.78. The number of aromatic nitrogens is 2. The van der Waals surface area contributed by atoms with Crippen LogP contribution in [0.1, 0.15) is 16.7 Å². The topological polar surface area (TPSA) is 49.8 Å². The lowest BCUT2D eigenvalue weighted by Crippen LogP contribution is -1.97. The van der Waals surface area contributed by atoms with E-state index in [0.717, 1.165) is 16.5 Å². The summed E-state index contributed by atoms with van der Waals surface area (Å²) < 4.78 is 4.34. The van der Waals surface area contributed by atoms with E-state index in [4.69, 9.17) is 0 Å². The van der Waals surface area contributed by atoms with Crippen LogP contribution in [-0.4, -0.2) is 9.36 Å². The Morgan fingerprint density at radius 3 is 2.27 bits per heavy atom. The van der Waals surface area contributed by atoms with Crippen molar-refractivity contribution < 1.29 is 0 Å². The van der Waals surface area contributed by atoms with Crippen LogP contribution in [-0.2, 0) is 0 Å². The monoisotopic (exact) mass is 310 g/mol. The molecule has 0 aliphatic rings. The Hall–Kier alpha value is -2.40. The van der Waals surface area contributed by atoms with Crippen molar-refractivity contribution in [3.63, 3.8) is 0 Å². The molecular formula is C17H18N4S. The van der Waals surface area contributed by atoms with Gasteiger partial charge in [-0.2, -0.15) is 9.36 Å². The predicted octanol–water partition coefficient (Wildman–Crippen LogP) is 4.95. The number of nitrogens with zero attached hydrogens (tertiary/aromatic N) is 2. The molecule has 0 aliphatic carbocycles. The van der Waals surface area contributed by atoms with Crippen molar-refractivity contribution >= 4 is 34.0 Å². The second-order valence-corrected chi connectivity index (χ2v) is 6.06. The van der Waals surface area contributed by atoms with Crippen LogP contribution in [0.2, 0.25) is 0 Å². The zero-order valence-electron chi connectivity index (χ0n) is 12.8. The van der Waals surface area contributed by atoms with E-state index in [1.54, 1.807) is 0 Å². The normalized spacial score (nSPS) is 10.5. The predicted molar refractivity (Wildman–Crippen MR) is 93.6 cm³/mol. The Morgan fingerprint density at radius 2 is 1.59 bits per heavy atom. The molecule has 0 saturated carbocycles. The van der Waals surface area contributed by atoms with Gasteiger partial charge in [0, 0.05) is 22.9 Å². The van der Waals surface area contributed by atoms with E-state index in [1.165, 1.54) is 28.2 Å². The van der Waals surface area contributed by atoms with E-state index < -0.39 is 0 Å². The molecule has 3 aromatic rings. The molecule has 1 aromatic heterocycles. The highest BCUT2D eigenvalue weighted by molar-refractivity contribution is 7.10. The maximum Gasteiger partial charge on any atom is 0.240 e. The number of anilines is 4. The van der Waals surface area contributed by atoms with Gasteiger partial charge in [-0.15, -0.1) is 0 Å². The molecule has 0 radical (unpaired) electrons. The summed E-state index contributed by atoms with van der Waals surface area (Å²) in [4.78, 5) is 4.49. The van der Waals surface area contributed by atoms with Crippen molar-refractivity contribution in [2.24, 2.45) is 0 Å². The summed E-state index contributed by atoms with van der Waals surface area (Å²) >= 11 is 1.35. The van der Waals surface area contributed by atoms with E-state index in [1.807, 2.05) is 30.3 Å². The summed E-state index contributed by atoms with van der Waals surface area (Å²) in [6.45, 7) is 6.32. The van der Waals surface area contributed by atoms with Gasteiger partial charge in [-0.05, 0) is 44.0 Å². The molecule has 0 spiro atoms. The SMILES string of the molecule is Cc1cc(C)c(Nc2nc(Nc3ccccc3)ns2)c(C)c1. The third-order valence-electron chi connectivity index (χ3n) is 3.36. The maximum atomic E-state index is 4.49. The minimum Gasteiger partial charge on any atom is -0.330 e. The first-order valence-electron chi connectivity index (χ1n) is 7.12. The summed E-state index contributed by atoms with van der Waals surface area (Å²) in [5.74, 6) is 0.612. The molecular weight excluding hydrogens is 292 g/mol. The van der Waals surface area contributed by atoms with Crippen LogP contribution in [0.4, 0.5) is 22.5 Å². The molecule has 112 valence electrons. The average molecular weight is 310 g/mol. The summed E-state index contributed by atoms with van der Waals surface area (Å²) in [5.41, 5.74) is 5.78. The minimum atomic E-state index is 0.612. The molecule has 0 amide bonds. The Labute approximate surface area is 134 Å². The van der Waals surface area contributed by atoms with E-state index in [2.05, 4.69) is 52.9 Å². The second-order valence-electron chi connectivity index (χ2n) is 5.31. The van der Waals surface area contributed by atoms with Gasteiger partial charge in [0.15, 0.2) is 0 Å². The molecule has 0 aliphatic heterocycles. The van der Waals surface area contributed by atoms with Crippen molar-refractivity contribution in [2.45, 2.75) is 20.8 Å². The molecule has 0 unspecified atom stereocenters. The van der Waals surface area contributed by atoms with Crippen molar-refractivity contribution in [1.82, 2.24) is 9.36 Å². The number of para-hydroxylation sites is 1. The highest BCUT2D eigenvalue weighted by Crippen LogP contribution is 2.28. The van der Waals surface area contributed by atoms with Crippen molar-refractivity contribution in [2.75, 3.05) is 10.6 Å². The van der Waals surface area contributed by atoms with Gasteiger partial charge >= 0.3 is 0 Å². The Morgan fingerprint density at radius 1 is 0.909 bits per heavy atom. The van der Waals surface area contributed by atoms with E-state index in [-0.39, 0.29) is 0 Å². The van der Waals surface area contributed by atoms with E-state index in [0.29, 0.717) is 5.95 Å². The van der Waals surface area contributed by atoms with Gasteiger partial charge in [-0.1, -0.05) is 35.9 Å². The van der Waals surface area contributed by atoms with Crippen LogP contribution in [0, 0.1) is 20.8 Å². The lowest BCUT2D eigenvalue weighted by atomic mass is 10.1. The number of nitrogens with one attached hydrogen (secondary N) is 2. The molecule has 0 fully saturated rings. The Bertz CT molecular complexity index is 757. The molecule has 2 N–H and O–H groups in total. The van der Waals surface area contributed by atoms with Gasteiger partial charge in [-0.3, -0.25) is 0 Å². The lowest BCUT2D eigenvalue weighted by Gasteiger charge is -2.11. The summed E-state index contributed by atoms with van der Waals surface area (Å²) in [5, 5.41) is 7.36. The zero-order chi connectivity index (χ0) is 15.5. The van der Waals surface area contributed by atoms with Crippen LogP contribution in [0.25, 0.3) is 0 Å². The van der Waals surface area contributed by atoms with Crippen LogP contribution in [0.15, 0.2) is 42.5 Å². The summed E-state index contributed by atoms with van der Waals surface area (Å²) in [6.07, 6.45) is 0. The molecule has 1 heterocycles. The molecule has 3 rings (SSSR count). The van der Waals surface area contributed by atoms with Gasteiger partial charge in [0.25, 0.3) is 0 Å². The maximum absolute atomic E-state index is 4.49. The minimum absolute atomic E-state index is 0.612. The average Bonchev–Trinajstić information content (AvgIpc) is 2.91. The fourth-order valence-electron chi connectivity index (χ4n) is 2.46. The second kappa shape index (κ2) is 6.15. The molecule has 0 atom stereocenters. The van der Waals surface area contributed by atoms with E-state index >= 15 is 0 Å². The molecule has 2 aromatic carbocycles. The fourth-order valence-corrected chi connectivity index (χ4v) is 2.99. The van der Waals surface area contributed by atoms with Gasteiger partial charge in [0.1, 0.15) is 0 Å². The van der Waals surface area contributed by atoms with Crippen LogP contribution in [0.3, 0.4) is 0 Å². The van der Waals surface area contributed by atoms with Crippen LogP contribution >= 0.6 is 11.5 Å². The standard InChI is InChI=1S/C17H18N4S/c1-11-9-12(2)15(13(3)10-11)19-17-20-16(21-22-17)18-14-7-5-4-6-8-14/h4-10H,1-3H3,(H2,18,19,20,21). The van der Waals surface area contributed by atoms with Crippen molar-refractivity contribution in [3.05, 3.63) is 59.2 Å². The quantitative estimate of drug-likeness (QED) is 0.716. The van der Waals surface area contributed by atoms with Gasteiger partial charge in [0.05, 0.1) is 0 Å². The smallest absolute Gasteiger partial charge is 0.240 e. The number of hydrogen-bond acceptors (Lipinski definition) is 5. The highest BCUT2D eigenvalue weighted by atomic mass is 32.1. The van der Waals surface area contributed by atoms with Crippen molar-refractivity contribution in [1.29, 1.82) is 0 Å². The van der Waals surface area contributed by atoms with Crippen LogP contribution < -0.4 is 10.6 Å². The number of rotatable bonds is 4. The summed E-state index contributed by atoms with van der Waals surface area (Å²) in [7, 11) is 0. The third-order valence-corrected chi connectivity index (χ3v) is 4.00. The molecule has 0 bridgehead atoms. The van der Waals surface area contributed by atoms with Gasteiger partial charge < -0.3 is 10.6 Å². The molecule has 5 heteroatoms. The Kier molecular flexibility index (Phi) is 4.06. The van der Waals surface area contributed by atoms with Gasteiger partial charge in [0.2, 0.25) is 11.1 Å². The number of aryl methyl sites for hydroxylation is 3. The zero-order valence-corrected chi connectivity index (χ0v) is 13.7. The molecule has 22 heavy (non-hydrogen) atoms. The third kappa shape index (κ3) is 3.26. The van der Waals surface area contributed by atoms with Gasteiger partial charge in [-0.25, -0.2) is 0 Å². The largest absolute Gasteiger partial charge is 0.330 e. The first-order chi connectivity index (χ1) is 10.6. The van der Waals surface area contributed by atoms with Crippen LogP contribution in [0.5, 0.6) is 0 Å². The first kappa shape index (κ1) is 14.5. The molecule has 4 nitrogen and oxygen atoms in total. The highest BCUT2D eigenvalue weighted by Gasteiger charge is 2.08. The summed E-state index contributed by atoms with van der Waals surface area (Å²) in [6, 6.07) is 14.2. The number of benzene rings is 2. The number of hydrogen-bond donors (Lipinski definition) is 2. The first-order valence-corrected chi connectivity index (χ1v) is 7.90.